The molecule has 8 heteroatoms. The van der Waals surface area contributed by atoms with Crippen molar-refractivity contribution >= 4 is 38.9 Å². The Bertz CT molecular complexity index is 1340. The van der Waals surface area contributed by atoms with E-state index in [0.717, 1.165) is 55.5 Å². The van der Waals surface area contributed by atoms with Crippen LogP contribution in [0.1, 0.15) is 49.4 Å². The van der Waals surface area contributed by atoms with E-state index in [4.69, 9.17) is 19.4 Å². The van der Waals surface area contributed by atoms with Gasteiger partial charge < -0.3 is 19.5 Å². The number of hydrogen-bond acceptors (Lipinski definition) is 7. The maximum atomic E-state index is 12.6. The summed E-state index contributed by atoms with van der Waals surface area (Å²) in [4.78, 5) is 25.3. The van der Waals surface area contributed by atoms with Crippen LogP contribution in [-0.2, 0) is 22.4 Å². The van der Waals surface area contributed by atoms with Gasteiger partial charge in [0.1, 0.15) is 5.75 Å². The summed E-state index contributed by atoms with van der Waals surface area (Å²) >= 11 is 1.59. The quantitative estimate of drug-likeness (QED) is 0.538. The zero-order valence-corrected chi connectivity index (χ0v) is 21.8. The van der Waals surface area contributed by atoms with Gasteiger partial charge in [0.15, 0.2) is 11.2 Å². The molecule has 3 aromatic rings. The Morgan fingerprint density at radius 2 is 2.06 bits per heavy atom. The largest absolute Gasteiger partial charge is 0.493 e. The maximum absolute atomic E-state index is 12.6. The van der Waals surface area contributed by atoms with Crippen molar-refractivity contribution in [3.05, 3.63) is 51.7 Å². The first kappa shape index (κ1) is 23.8. The van der Waals surface area contributed by atoms with Gasteiger partial charge in [0.05, 0.1) is 28.3 Å². The van der Waals surface area contributed by atoms with Gasteiger partial charge >= 0.3 is 5.97 Å². The monoisotopic (exact) mass is 493 g/mol. The van der Waals surface area contributed by atoms with E-state index in [1.54, 1.807) is 11.3 Å². The summed E-state index contributed by atoms with van der Waals surface area (Å²) in [6, 6.07) is 6.05. The third-order valence-corrected chi connectivity index (χ3v) is 7.71. The average molecular weight is 494 g/mol. The second kappa shape index (κ2) is 8.60. The van der Waals surface area contributed by atoms with Crippen molar-refractivity contribution in [3.8, 4) is 5.75 Å². The molecule has 184 valence electrons. The average Bonchev–Trinajstić information content (AvgIpc) is 3.21. The van der Waals surface area contributed by atoms with Crippen molar-refractivity contribution in [2.75, 3.05) is 25.6 Å². The lowest BCUT2D eigenvalue weighted by atomic mass is 9.79. The third-order valence-electron chi connectivity index (χ3n) is 6.43. The van der Waals surface area contributed by atoms with E-state index in [2.05, 4.69) is 6.92 Å². The van der Waals surface area contributed by atoms with Crippen LogP contribution in [0.5, 0.6) is 5.75 Å². The first-order valence-corrected chi connectivity index (χ1v) is 12.7. The number of nitrogens with zero attached hydrogens (tertiary/aromatic N) is 3. The van der Waals surface area contributed by atoms with E-state index < -0.39 is 17.7 Å². The number of benzene rings is 1. The van der Waals surface area contributed by atoms with E-state index in [0.29, 0.717) is 13.0 Å². The number of aliphatic carboxylic acids is 1. The molecular weight excluding hydrogens is 462 g/mol. The van der Waals surface area contributed by atoms with Crippen LogP contribution in [-0.4, -0.2) is 53.5 Å². The molecular formula is C27H31N3O4S. The van der Waals surface area contributed by atoms with Crippen molar-refractivity contribution < 1.29 is 19.4 Å². The number of carbonyl (C=O) groups is 1. The van der Waals surface area contributed by atoms with Crippen molar-refractivity contribution in [2.24, 2.45) is 5.92 Å². The van der Waals surface area contributed by atoms with E-state index >= 15 is 0 Å². The van der Waals surface area contributed by atoms with Gasteiger partial charge in [0, 0.05) is 43.2 Å². The maximum Gasteiger partial charge on any atom is 0.337 e. The molecule has 0 bridgehead atoms. The predicted octanol–water partition coefficient (Wildman–Crippen LogP) is 4.95. The van der Waals surface area contributed by atoms with Crippen molar-refractivity contribution in [1.29, 1.82) is 0 Å². The molecule has 2 aliphatic rings. The summed E-state index contributed by atoms with van der Waals surface area (Å²) in [6.07, 6.45) is 2.23. The first-order valence-electron chi connectivity index (χ1n) is 11.9. The summed E-state index contributed by atoms with van der Waals surface area (Å²) in [5, 5.41) is 12.2. The van der Waals surface area contributed by atoms with Crippen LogP contribution in [0.3, 0.4) is 0 Å². The third kappa shape index (κ3) is 4.19. The molecule has 7 nitrogen and oxygen atoms in total. The Balaban J connectivity index is 1.85. The Hall–Kier alpha value is -2.97. The van der Waals surface area contributed by atoms with Crippen LogP contribution in [0.4, 0.5) is 5.13 Å². The molecule has 0 saturated heterocycles. The standard InChI is InChI=1S/C27H31N3O4S/c1-14-13-17-24(35-26(29-17)30(5)6)21(19(14)23(25(31)32)34-27(2,3)4)16-7-8-18-20-15(10-12-33-18)9-11-28-22(16)20/h7-9,11,14,23H,10,12-13H2,1-6H3,(H,31,32)/t14?,23-/m0/s1. The van der Waals surface area contributed by atoms with E-state index in [9.17, 15) is 9.90 Å². The number of aromatic nitrogens is 2. The molecule has 35 heavy (non-hydrogen) atoms. The lowest BCUT2D eigenvalue weighted by Crippen LogP contribution is -2.38. The molecule has 0 fully saturated rings. The van der Waals surface area contributed by atoms with E-state index in [1.165, 1.54) is 5.56 Å². The fourth-order valence-electron chi connectivity index (χ4n) is 5.01. The number of anilines is 1. The highest BCUT2D eigenvalue weighted by Crippen LogP contribution is 2.48. The highest BCUT2D eigenvalue weighted by atomic mass is 32.1. The molecule has 2 aromatic heterocycles. The van der Waals surface area contributed by atoms with Gasteiger partial charge in [-0.3, -0.25) is 4.98 Å². The molecule has 1 aliphatic carbocycles. The second-order valence-corrected chi connectivity index (χ2v) is 11.4. The summed E-state index contributed by atoms with van der Waals surface area (Å²) in [5.41, 5.74) is 4.93. The summed E-state index contributed by atoms with van der Waals surface area (Å²) in [6.45, 7) is 8.37. The van der Waals surface area contributed by atoms with E-state index in [1.807, 2.05) is 64.2 Å². The van der Waals surface area contributed by atoms with Crippen molar-refractivity contribution in [1.82, 2.24) is 9.97 Å². The van der Waals surface area contributed by atoms with Gasteiger partial charge in [-0.15, -0.1) is 0 Å². The van der Waals surface area contributed by atoms with Crippen LogP contribution in [0.15, 0.2) is 30.0 Å². The lowest BCUT2D eigenvalue weighted by Gasteiger charge is -2.33. The number of carboxylic acid groups (broad SMARTS) is 1. The number of rotatable bonds is 5. The molecule has 0 saturated carbocycles. The first-order chi connectivity index (χ1) is 16.5. The fourth-order valence-corrected chi connectivity index (χ4v) is 6.11. The Morgan fingerprint density at radius 3 is 2.74 bits per heavy atom. The summed E-state index contributed by atoms with van der Waals surface area (Å²) < 4.78 is 12.1. The van der Waals surface area contributed by atoms with Crippen LogP contribution in [0, 0.1) is 5.92 Å². The predicted molar refractivity (Wildman–Crippen MR) is 139 cm³/mol. The molecule has 5 rings (SSSR count). The van der Waals surface area contributed by atoms with Crippen molar-refractivity contribution in [2.45, 2.75) is 52.2 Å². The molecule has 0 radical (unpaired) electrons. The van der Waals surface area contributed by atoms with Crippen LogP contribution >= 0.6 is 11.3 Å². The Labute approximate surface area is 209 Å². The van der Waals surface area contributed by atoms with Crippen LogP contribution in [0.25, 0.3) is 16.5 Å². The second-order valence-electron chi connectivity index (χ2n) is 10.5. The summed E-state index contributed by atoms with van der Waals surface area (Å²) in [7, 11) is 3.95. The van der Waals surface area contributed by atoms with Gasteiger partial charge in [-0.1, -0.05) is 18.3 Å². The minimum Gasteiger partial charge on any atom is -0.493 e. The van der Waals surface area contributed by atoms with Gasteiger partial charge in [-0.25, -0.2) is 9.78 Å². The molecule has 3 heterocycles. The smallest absolute Gasteiger partial charge is 0.337 e. The van der Waals surface area contributed by atoms with Gasteiger partial charge in [0.2, 0.25) is 0 Å². The van der Waals surface area contributed by atoms with Crippen LogP contribution in [0.2, 0.25) is 0 Å². The summed E-state index contributed by atoms with van der Waals surface area (Å²) in [5.74, 6) is -0.234. The highest BCUT2D eigenvalue weighted by Gasteiger charge is 2.39. The zero-order chi connectivity index (χ0) is 25.1. The number of hydrogen-bond donors (Lipinski definition) is 1. The molecule has 1 aromatic carbocycles. The molecule has 1 N–H and O–H groups in total. The number of fused-ring (bicyclic) bond motifs is 1. The van der Waals surface area contributed by atoms with Crippen LogP contribution < -0.4 is 9.64 Å². The number of carboxylic acids is 1. The minimum absolute atomic E-state index is 0.0693. The van der Waals surface area contributed by atoms with Gasteiger partial charge in [-0.2, -0.15) is 0 Å². The van der Waals surface area contributed by atoms with Gasteiger partial charge in [-0.05, 0) is 62.4 Å². The SMILES string of the molecule is CC1Cc2nc(N(C)C)sc2C(c2ccc3c4c(ccnc24)CCO3)=C1[C@H](OC(C)(C)C)C(=O)O. The Morgan fingerprint density at radius 1 is 1.29 bits per heavy atom. The highest BCUT2D eigenvalue weighted by molar-refractivity contribution is 7.16. The Kier molecular flexibility index (Phi) is 5.84. The number of thiazole rings is 1. The topological polar surface area (TPSA) is 84.8 Å². The minimum atomic E-state index is -1.08. The molecule has 0 amide bonds. The lowest BCUT2D eigenvalue weighted by molar-refractivity contribution is -0.156. The van der Waals surface area contributed by atoms with Gasteiger partial charge in [0.25, 0.3) is 0 Å². The number of ether oxygens (including phenoxy) is 2. The zero-order valence-electron chi connectivity index (χ0n) is 21.0. The fraction of sp³-hybridized carbons (Fsp3) is 0.444. The molecule has 1 aliphatic heterocycles. The normalized spacial score (nSPS) is 18.3. The molecule has 0 spiro atoms. The number of pyridine rings is 1. The molecule has 1 unspecified atom stereocenters. The molecule has 2 atom stereocenters. The van der Waals surface area contributed by atoms with Crippen molar-refractivity contribution in [3.63, 3.8) is 0 Å². The van der Waals surface area contributed by atoms with E-state index in [-0.39, 0.29) is 5.92 Å².